The van der Waals surface area contributed by atoms with Gasteiger partial charge in [0.15, 0.2) is 0 Å². The van der Waals surface area contributed by atoms with E-state index >= 15 is 0 Å². The van der Waals surface area contributed by atoms with E-state index in [1.165, 1.54) is 4.90 Å². The van der Waals surface area contributed by atoms with Gasteiger partial charge in [0.25, 0.3) is 0 Å². The van der Waals surface area contributed by atoms with E-state index in [-0.39, 0.29) is 18.4 Å². The summed E-state index contributed by atoms with van der Waals surface area (Å²) in [6.45, 7) is 6.46. The van der Waals surface area contributed by atoms with Crippen LogP contribution in [-0.4, -0.2) is 54.3 Å². The van der Waals surface area contributed by atoms with E-state index in [2.05, 4.69) is 0 Å². The third-order valence-corrected chi connectivity index (χ3v) is 3.29. The maximum atomic E-state index is 12.4. The first-order chi connectivity index (χ1) is 8.32. The minimum absolute atomic E-state index is 0.0774. The molecule has 0 heterocycles. The van der Waals surface area contributed by atoms with Crippen molar-refractivity contribution in [3.05, 3.63) is 0 Å². The van der Waals surface area contributed by atoms with Crippen molar-refractivity contribution >= 4 is 11.8 Å². The Morgan fingerprint density at radius 2 is 1.61 bits per heavy atom. The number of rotatable bonds is 7. The smallest absolute Gasteiger partial charge is 0.243 e. The molecule has 0 atom stereocenters. The van der Waals surface area contributed by atoms with E-state index < -0.39 is 5.54 Å². The fraction of sp³-hybridized carbons (Fsp3) is 0.846. The van der Waals surface area contributed by atoms with Gasteiger partial charge in [-0.05, 0) is 19.3 Å². The van der Waals surface area contributed by atoms with Gasteiger partial charge in [-0.15, -0.1) is 0 Å². The molecule has 0 radical (unpaired) electrons. The summed E-state index contributed by atoms with van der Waals surface area (Å²) in [6.07, 6.45) is 1.98. The molecular weight excluding hydrogens is 230 g/mol. The van der Waals surface area contributed by atoms with Crippen molar-refractivity contribution in [2.45, 2.75) is 45.6 Å². The molecule has 0 rings (SSSR count). The zero-order chi connectivity index (χ0) is 14.3. The van der Waals surface area contributed by atoms with Crippen LogP contribution in [-0.2, 0) is 9.59 Å². The number of nitrogens with two attached hydrogens (primary N) is 1. The van der Waals surface area contributed by atoms with Crippen LogP contribution < -0.4 is 5.73 Å². The topological polar surface area (TPSA) is 66.6 Å². The highest BCUT2D eigenvalue weighted by Crippen LogP contribution is 2.15. The molecule has 0 unspecified atom stereocenters. The number of carbonyl (C=O) groups is 2. The van der Waals surface area contributed by atoms with E-state index in [1.807, 2.05) is 20.8 Å². The molecule has 18 heavy (non-hydrogen) atoms. The first-order valence-corrected chi connectivity index (χ1v) is 6.60. The Morgan fingerprint density at radius 1 is 1.11 bits per heavy atom. The molecule has 0 bridgehead atoms. The van der Waals surface area contributed by atoms with E-state index in [9.17, 15) is 9.59 Å². The van der Waals surface area contributed by atoms with Gasteiger partial charge in [-0.3, -0.25) is 9.59 Å². The molecule has 0 aliphatic heterocycles. The Morgan fingerprint density at radius 3 is 1.94 bits per heavy atom. The summed E-state index contributed by atoms with van der Waals surface area (Å²) in [5.74, 6) is -0.198. The fourth-order valence-electron chi connectivity index (χ4n) is 1.69. The Bertz CT molecular complexity index is 286. The van der Waals surface area contributed by atoms with E-state index in [0.29, 0.717) is 19.4 Å². The van der Waals surface area contributed by atoms with Crippen LogP contribution in [0.4, 0.5) is 0 Å². The van der Waals surface area contributed by atoms with Gasteiger partial charge < -0.3 is 15.5 Å². The Labute approximate surface area is 110 Å². The summed E-state index contributed by atoms with van der Waals surface area (Å²) in [5, 5.41) is 0. The SMILES string of the molecule is CCCN(CC(=O)N(C)C)C(=O)C(N)(CC)CC. The van der Waals surface area contributed by atoms with Crippen LogP contribution in [0.2, 0.25) is 0 Å². The van der Waals surface area contributed by atoms with Crippen molar-refractivity contribution in [3.8, 4) is 0 Å². The molecular formula is C13H27N3O2. The minimum atomic E-state index is -0.845. The van der Waals surface area contributed by atoms with Crippen LogP contribution in [0.1, 0.15) is 40.0 Å². The second-order valence-corrected chi connectivity index (χ2v) is 4.88. The van der Waals surface area contributed by atoms with Crippen LogP contribution in [0.15, 0.2) is 0 Å². The van der Waals surface area contributed by atoms with Gasteiger partial charge >= 0.3 is 0 Å². The highest BCUT2D eigenvalue weighted by molar-refractivity contribution is 5.90. The summed E-state index contributed by atoms with van der Waals surface area (Å²) >= 11 is 0. The van der Waals surface area contributed by atoms with Crippen molar-refractivity contribution in [1.29, 1.82) is 0 Å². The normalized spacial score (nSPS) is 11.2. The standard InChI is InChI=1S/C13H27N3O2/c1-6-9-16(10-11(17)15(4)5)12(18)13(14,7-2)8-3/h6-10,14H2,1-5H3. The number of nitrogens with zero attached hydrogens (tertiary/aromatic N) is 2. The molecule has 0 fully saturated rings. The Balaban J connectivity index is 4.89. The molecule has 0 aromatic carbocycles. The number of carbonyl (C=O) groups excluding carboxylic acids is 2. The predicted molar refractivity (Wildman–Crippen MR) is 73.1 cm³/mol. The van der Waals surface area contributed by atoms with Crippen molar-refractivity contribution < 1.29 is 9.59 Å². The predicted octanol–water partition coefficient (Wildman–Crippen LogP) is 0.831. The molecule has 2 amide bonds. The quantitative estimate of drug-likeness (QED) is 0.734. The van der Waals surface area contributed by atoms with E-state index in [4.69, 9.17) is 5.73 Å². The highest BCUT2D eigenvalue weighted by Gasteiger charge is 2.34. The van der Waals surface area contributed by atoms with Crippen LogP contribution in [0.25, 0.3) is 0 Å². The largest absolute Gasteiger partial charge is 0.347 e. The second kappa shape index (κ2) is 7.36. The average molecular weight is 257 g/mol. The van der Waals surface area contributed by atoms with Gasteiger partial charge in [-0.1, -0.05) is 20.8 Å². The molecule has 0 spiro atoms. The van der Waals surface area contributed by atoms with Crippen LogP contribution in [0.5, 0.6) is 0 Å². The minimum Gasteiger partial charge on any atom is -0.347 e. The molecule has 0 aromatic heterocycles. The zero-order valence-electron chi connectivity index (χ0n) is 12.3. The molecule has 0 saturated carbocycles. The highest BCUT2D eigenvalue weighted by atomic mass is 16.2. The zero-order valence-corrected chi connectivity index (χ0v) is 12.3. The van der Waals surface area contributed by atoms with Crippen molar-refractivity contribution in [3.63, 3.8) is 0 Å². The third-order valence-electron chi connectivity index (χ3n) is 3.29. The second-order valence-electron chi connectivity index (χ2n) is 4.88. The van der Waals surface area contributed by atoms with Gasteiger partial charge in [0.05, 0.1) is 12.1 Å². The summed E-state index contributed by atoms with van der Waals surface area (Å²) in [7, 11) is 3.37. The van der Waals surface area contributed by atoms with Gasteiger partial charge in [0.2, 0.25) is 11.8 Å². The summed E-state index contributed by atoms with van der Waals surface area (Å²) in [4.78, 5) is 27.2. The lowest BCUT2D eigenvalue weighted by Crippen LogP contribution is -2.56. The summed E-state index contributed by atoms with van der Waals surface area (Å²) in [6, 6.07) is 0. The summed E-state index contributed by atoms with van der Waals surface area (Å²) < 4.78 is 0. The number of amides is 2. The molecule has 0 aliphatic carbocycles. The fourth-order valence-corrected chi connectivity index (χ4v) is 1.69. The first kappa shape index (κ1) is 16.9. The van der Waals surface area contributed by atoms with Crippen LogP contribution >= 0.6 is 0 Å². The van der Waals surface area contributed by atoms with Crippen LogP contribution in [0.3, 0.4) is 0 Å². The van der Waals surface area contributed by atoms with Gasteiger partial charge in [-0.2, -0.15) is 0 Å². The molecule has 5 nitrogen and oxygen atoms in total. The van der Waals surface area contributed by atoms with E-state index in [0.717, 1.165) is 6.42 Å². The van der Waals surface area contributed by atoms with Crippen molar-refractivity contribution in [2.24, 2.45) is 5.73 Å². The number of hydrogen-bond acceptors (Lipinski definition) is 3. The maximum absolute atomic E-state index is 12.4. The molecule has 0 aliphatic rings. The monoisotopic (exact) mass is 257 g/mol. The Kier molecular flexibility index (Phi) is 6.91. The number of likely N-dealkylation sites (N-methyl/N-ethyl adjacent to an activating group) is 1. The lowest BCUT2D eigenvalue weighted by atomic mass is 9.92. The third kappa shape index (κ3) is 4.29. The summed E-state index contributed by atoms with van der Waals surface area (Å²) in [5.41, 5.74) is 5.26. The lowest BCUT2D eigenvalue weighted by molar-refractivity contribution is -0.143. The molecule has 106 valence electrons. The van der Waals surface area contributed by atoms with Crippen molar-refractivity contribution in [1.82, 2.24) is 9.80 Å². The molecule has 0 saturated heterocycles. The molecule has 5 heteroatoms. The average Bonchev–Trinajstić information content (AvgIpc) is 2.36. The molecule has 0 aromatic rings. The van der Waals surface area contributed by atoms with Gasteiger partial charge in [0, 0.05) is 20.6 Å². The lowest BCUT2D eigenvalue weighted by Gasteiger charge is -2.33. The van der Waals surface area contributed by atoms with Gasteiger partial charge in [-0.25, -0.2) is 0 Å². The van der Waals surface area contributed by atoms with Crippen molar-refractivity contribution in [2.75, 3.05) is 27.2 Å². The van der Waals surface area contributed by atoms with Gasteiger partial charge in [0.1, 0.15) is 0 Å². The Hall–Kier alpha value is -1.10. The van der Waals surface area contributed by atoms with E-state index in [1.54, 1.807) is 19.0 Å². The number of hydrogen-bond donors (Lipinski definition) is 1. The maximum Gasteiger partial charge on any atom is 0.243 e. The first-order valence-electron chi connectivity index (χ1n) is 6.60. The molecule has 2 N–H and O–H groups in total. The van der Waals surface area contributed by atoms with Crippen LogP contribution in [0, 0.1) is 0 Å².